The fourth-order valence-corrected chi connectivity index (χ4v) is 2.45. The van der Waals surface area contributed by atoms with Gasteiger partial charge in [-0.15, -0.1) is 0 Å². The monoisotopic (exact) mass is 251 g/mol. The van der Waals surface area contributed by atoms with Crippen molar-refractivity contribution in [2.75, 3.05) is 5.73 Å². The molecule has 0 saturated heterocycles. The molecule has 0 aliphatic carbocycles. The smallest absolute Gasteiger partial charge is 0.201 e. The molecule has 0 aliphatic heterocycles. The van der Waals surface area contributed by atoms with Crippen molar-refractivity contribution in [1.82, 2.24) is 9.55 Å². The van der Waals surface area contributed by atoms with Crippen molar-refractivity contribution in [2.45, 2.75) is 19.9 Å². The molecule has 0 spiro atoms. The van der Waals surface area contributed by atoms with Crippen LogP contribution in [0, 0.1) is 6.92 Å². The average Bonchev–Trinajstić information content (AvgIpc) is 2.74. The van der Waals surface area contributed by atoms with Gasteiger partial charge < -0.3 is 10.3 Å². The van der Waals surface area contributed by atoms with Gasteiger partial charge in [-0.1, -0.05) is 36.4 Å². The van der Waals surface area contributed by atoms with Crippen molar-refractivity contribution >= 4 is 17.0 Å². The van der Waals surface area contributed by atoms with Gasteiger partial charge >= 0.3 is 0 Å². The number of nitrogens with zero attached hydrogens (tertiary/aromatic N) is 2. The summed E-state index contributed by atoms with van der Waals surface area (Å²) in [6.07, 6.45) is 0.969. The third kappa shape index (κ3) is 2.19. The number of aryl methyl sites for hydroxylation is 3. The summed E-state index contributed by atoms with van der Waals surface area (Å²) < 4.78 is 2.09. The Kier molecular flexibility index (Phi) is 2.95. The molecule has 96 valence electrons. The van der Waals surface area contributed by atoms with Crippen molar-refractivity contribution in [3.8, 4) is 0 Å². The van der Waals surface area contributed by atoms with Crippen molar-refractivity contribution in [3.63, 3.8) is 0 Å². The topological polar surface area (TPSA) is 43.8 Å². The van der Waals surface area contributed by atoms with Gasteiger partial charge in [0, 0.05) is 6.54 Å². The van der Waals surface area contributed by atoms with E-state index in [1.165, 1.54) is 11.1 Å². The van der Waals surface area contributed by atoms with Crippen LogP contribution in [0.1, 0.15) is 11.1 Å². The van der Waals surface area contributed by atoms with Gasteiger partial charge in [-0.05, 0) is 36.6 Å². The second-order valence-electron chi connectivity index (χ2n) is 4.79. The Bertz CT molecular complexity index is 713. The maximum atomic E-state index is 6.01. The van der Waals surface area contributed by atoms with Crippen LogP contribution >= 0.6 is 0 Å². The number of nitrogens with two attached hydrogens (primary N) is 1. The van der Waals surface area contributed by atoms with E-state index in [-0.39, 0.29) is 0 Å². The second kappa shape index (κ2) is 4.76. The number of nitrogen functional groups attached to an aromatic ring is 1. The van der Waals surface area contributed by atoms with E-state index < -0.39 is 0 Å². The first-order chi connectivity index (χ1) is 9.25. The summed E-state index contributed by atoms with van der Waals surface area (Å²) in [5.74, 6) is 0.592. The minimum atomic E-state index is 0.592. The molecular weight excluding hydrogens is 234 g/mol. The van der Waals surface area contributed by atoms with Crippen molar-refractivity contribution in [2.24, 2.45) is 0 Å². The van der Waals surface area contributed by atoms with Gasteiger partial charge in [-0.25, -0.2) is 4.98 Å². The number of hydrogen-bond donors (Lipinski definition) is 1. The third-order valence-electron chi connectivity index (χ3n) is 3.55. The molecule has 0 saturated carbocycles. The van der Waals surface area contributed by atoms with Gasteiger partial charge in [0.15, 0.2) is 0 Å². The lowest BCUT2D eigenvalue weighted by Crippen LogP contribution is -2.06. The Morgan fingerprint density at radius 2 is 1.79 bits per heavy atom. The zero-order valence-corrected chi connectivity index (χ0v) is 11.0. The summed E-state index contributed by atoms with van der Waals surface area (Å²) >= 11 is 0. The SMILES string of the molecule is Cc1ccccc1CCn1c(N)nc2ccccc21. The highest BCUT2D eigenvalue weighted by Crippen LogP contribution is 2.18. The van der Waals surface area contributed by atoms with Crippen LogP contribution in [-0.4, -0.2) is 9.55 Å². The van der Waals surface area contributed by atoms with Crippen LogP contribution in [0.25, 0.3) is 11.0 Å². The van der Waals surface area contributed by atoms with E-state index in [4.69, 9.17) is 5.73 Å². The molecule has 0 bridgehead atoms. The van der Waals surface area contributed by atoms with E-state index in [0.29, 0.717) is 5.95 Å². The highest BCUT2D eigenvalue weighted by Gasteiger charge is 2.07. The molecule has 0 radical (unpaired) electrons. The number of hydrogen-bond acceptors (Lipinski definition) is 2. The number of para-hydroxylation sites is 2. The van der Waals surface area contributed by atoms with Crippen LogP contribution in [0.2, 0.25) is 0 Å². The fourth-order valence-electron chi connectivity index (χ4n) is 2.45. The maximum absolute atomic E-state index is 6.01. The largest absolute Gasteiger partial charge is 0.369 e. The molecule has 0 fully saturated rings. The number of anilines is 1. The van der Waals surface area contributed by atoms with Crippen molar-refractivity contribution in [1.29, 1.82) is 0 Å². The Balaban J connectivity index is 1.90. The van der Waals surface area contributed by atoms with Gasteiger partial charge in [0.25, 0.3) is 0 Å². The first-order valence-corrected chi connectivity index (χ1v) is 6.51. The summed E-state index contributed by atoms with van der Waals surface area (Å²) in [7, 11) is 0. The highest BCUT2D eigenvalue weighted by atomic mass is 15.1. The standard InChI is InChI=1S/C16H17N3/c1-12-6-2-3-7-13(12)10-11-19-15-9-5-4-8-14(15)18-16(19)17/h2-9H,10-11H2,1H3,(H2,17,18). The van der Waals surface area contributed by atoms with Gasteiger partial charge in [0.2, 0.25) is 5.95 Å². The van der Waals surface area contributed by atoms with E-state index in [1.54, 1.807) is 0 Å². The Morgan fingerprint density at radius 1 is 1.05 bits per heavy atom. The van der Waals surface area contributed by atoms with E-state index in [2.05, 4.69) is 46.8 Å². The van der Waals surface area contributed by atoms with E-state index in [9.17, 15) is 0 Å². The molecule has 3 rings (SSSR count). The lowest BCUT2D eigenvalue weighted by molar-refractivity contribution is 0.723. The molecule has 3 heteroatoms. The predicted octanol–water partition coefficient (Wildman–Crippen LogP) is 3.17. The summed E-state index contributed by atoms with van der Waals surface area (Å²) in [5.41, 5.74) is 10.8. The van der Waals surface area contributed by atoms with Gasteiger partial charge in [-0.2, -0.15) is 0 Å². The Labute approximate surface area is 112 Å². The zero-order valence-electron chi connectivity index (χ0n) is 11.0. The van der Waals surface area contributed by atoms with E-state index in [0.717, 1.165) is 24.0 Å². The quantitative estimate of drug-likeness (QED) is 0.777. The zero-order chi connectivity index (χ0) is 13.2. The number of fused-ring (bicyclic) bond motifs is 1. The third-order valence-corrected chi connectivity index (χ3v) is 3.55. The lowest BCUT2D eigenvalue weighted by atomic mass is 10.1. The summed E-state index contributed by atoms with van der Waals surface area (Å²) in [6, 6.07) is 16.5. The number of benzene rings is 2. The normalized spacial score (nSPS) is 11.0. The van der Waals surface area contributed by atoms with E-state index in [1.807, 2.05) is 18.2 Å². The predicted molar refractivity (Wildman–Crippen MR) is 79.0 cm³/mol. The summed E-state index contributed by atoms with van der Waals surface area (Å²) in [5, 5.41) is 0. The van der Waals surface area contributed by atoms with Crippen LogP contribution in [0.15, 0.2) is 48.5 Å². The molecule has 1 aromatic heterocycles. The molecule has 0 amide bonds. The van der Waals surface area contributed by atoms with Crippen LogP contribution in [0.5, 0.6) is 0 Å². The summed E-state index contributed by atoms with van der Waals surface area (Å²) in [4.78, 5) is 4.39. The summed E-state index contributed by atoms with van der Waals surface area (Å²) in [6.45, 7) is 3.00. The van der Waals surface area contributed by atoms with Crippen molar-refractivity contribution < 1.29 is 0 Å². The van der Waals surface area contributed by atoms with Crippen molar-refractivity contribution in [3.05, 3.63) is 59.7 Å². The lowest BCUT2D eigenvalue weighted by Gasteiger charge is -2.08. The van der Waals surface area contributed by atoms with Crippen LogP contribution in [0.4, 0.5) is 5.95 Å². The minimum absolute atomic E-state index is 0.592. The first kappa shape index (κ1) is 11.8. The Hall–Kier alpha value is -2.29. The molecular formula is C16H17N3. The average molecular weight is 251 g/mol. The molecule has 0 aliphatic rings. The molecule has 19 heavy (non-hydrogen) atoms. The maximum Gasteiger partial charge on any atom is 0.201 e. The van der Waals surface area contributed by atoms with Crippen LogP contribution in [-0.2, 0) is 13.0 Å². The molecule has 2 N–H and O–H groups in total. The molecule has 3 nitrogen and oxygen atoms in total. The molecule has 3 aromatic rings. The number of imidazole rings is 1. The van der Waals surface area contributed by atoms with Crippen LogP contribution < -0.4 is 5.73 Å². The second-order valence-corrected chi connectivity index (χ2v) is 4.79. The van der Waals surface area contributed by atoms with Crippen LogP contribution in [0.3, 0.4) is 0 Å². The molecule has 0 atom stereocenters. The first-order valence-electron chi connectivity index (χ1n) is 6.51. The fraction of sp³-hybridized carbons (Fsp3) is 0.188. The number of aromatic nitrogens is 2. The molecule has 1 heterocycles. The molecule has 0 unspecified atom stereocenters. The molecule has 2 aromatic carbocycles. The number of rotatable bonds is 3. The van der Waals surface area contributed by atoms with Gasteiger partial charge in [-0.3, -0.25) is 0 Å². The Morgan fingerprint density at radius 3 is 2.63 bits per heavy atom. The van der Waals surface area contributed by atoms with Gasteiger partial charge in [0.05, 0.1) is 11.0 Å². The highest BCUT2D eigenvalue weighted by molar-refractivity contribution is 5.78. The minimum Gasteiger partial charge on any atom is -0.369 e. The van der Waals surface area contributed by atoms with E-state index >= 15 is 0 Å². The van der Waals surface area contributed by atoms with Gasteiger partial charge in [0.1, 0.15) is 0 Å².